The largest absolute Gasteiger partial charge is 0.352 e. The molecule has 0 aromatic carbocycles. The number of nitrogens with one attached hydrogen (secondary N) is 2. The number of amides is 2. The van der Waals surface area contributed by atoms with Gasteiger partial charge in [-0.05, 0) is 23.8 Å². The number of nitrogens with zero attached hydrogens (tertiary/aromatic N) is 2. The molecule has 0 bridgehead atoms. The predicted octanol–water partition coefficient (Wildman–Crippen LogP) is 1.75. The van der Waals surface area contributed by atoms with Gasteiger partial charge in [0.1, 0.15) is 0 Å². The molecule has 8 heteroatoms. The molecule has 1 rings (SSSR count). The van der Waals surface area contributed by atoms with E-state index in [9.17, 15) is 14.4 Å². The fraction of sp³-hybridized carbons (Fsp3) is 0.667. The van der Waals surface area contributed by atoms with Crippen LogP contribution in [-0.2, 0) is 14.4 Å². The van der Waals surface area contributed by atoms with Gasteiger partial charge in [-0.25, -0.2) is 5.43 Å². The molecule has 26 heavy (non-hydrogen) atoms. The van der Waals surface area contributed by atoms with Crippen molar-refractivity contribution < 1.29 is 14.4 Å². The van der Waals surface area contributed by atoms with E-state index in [0.717, 1.165) is 12.3 Å². The highest BCUT2D eigenvalue weighted by atomic mass is 32.2. The number of rotatable bonds is 7. The smallest absolute Gasteiger partial charge is 0.309 e. The number of ketones is 1. The first kappa shape index (κ1) is 22.2. The lowest BCUT2D eigenvalue weighted by atomic mass is 9.96. The van der Waals surface area contributed by atoms with Crippen LogP contribution in [0.5, 0.6) is 0 Å². The van der Waals surface area contributed by atoms with Crippen molar-refractivity contribution in [2.24, 2.45) is 16.4 Å². The third kappa shape index (κ3) is 8.03. The Bertz CT molecular complexity index is 594. The Kier molecular flexibility index (Phi) is 8.33. The van der Waals surface area contributed by atoms with Crippen molar-refractivity contribution in [3.05, 3.63) is 12.2 Å². The Balaban J connectivity index is 2.74. The molecule has 0 aromatic heterocycles. The molecule has 0 aromatic rings. The van der Waals surface area contributed by atoms with Crippen LogP contribution in [0.15, 0.2) is 17.3 Å². The van der Waals surface area contributed by atoms with Gasteiger partial charge in [-0.2, -0.15) is 0 Å². The highest BCUT2D eigenvalue weighted by Gasteiger charge is 2.27. The Hall–Kier alpha value is -1.83. The molecule has 2 N–H and O–H groups in total. The second kappa shape index (κ2) is 9.75. The maximum absolute atomic E-state index is 12.5. The monoisotopic (exact) mass is 382 g/mol. The van der Waals surface area contributed by atoms with Crippen LogP contribution in [0, 0.1) is 11.3 Å². The summed E-state index contributed by atoms with van der Waals surface area (Å²) in [6, 6.07) is -0.874. The number of thioether (sulfide) groups is 1. The average Bonchev–Trinajstić information content (AvgIpc) is 2.93. The molecule has 1 heterocycles. The molecule has 0 saturated carbocycles. The van der Waals surface area contributed by atoms with Gasteiger partial charge in [0.25, 0.3) is 0 Å². The van der Waals surface area contributed by atoms with E-state index >= 15 is 0 Å². The molecule has 146 valence electrons. The molecular formula is C18H30N4O3S. The lowest BCUT2D eigenvalue weighted by molar-refractivity contribution is -0.140. The summed E-state index contributed by atoms with van der Waals surface area (Å²) in [6.45, 7) is 10.6. The minimum atomic E-state index is -0.874. The van der Waals surface area contributed by atoms with Crippen LogP contribution in [0.2, 0.25) is 0 Å². The van der Waals surface area contributed by atoms with Crippen molar-refractivity contribution >= 4 is 34.5 Å². The second-order valence-corrected chi connectivity index (χ2v) is 8.92. The Morgan fingerprint density at radius 2 is 1.96 bits per heavy atom. The number of amidine groups is 1. The summed E-state index contributed by atoms with van der Waals surface area (Å²) in [4.78, 5) is 38.6. The number of hydrazone groups is 1. The van der Waals surface area contributed by atoms with Crippen LogP contribution in [0.3, 0.4) is 0 Å². The zero-order chi connectivity index (χ0) is 19.9. The van der Waals surface area contributed by atoms with Crippen molar-refractivity contribution in [2.75, 3.05) is 19.3 Å². The lowest BCUT2D eigenvalue weighted by Crippen LogP contribution is -2.47. The van der Waals surface area contributed by atoms with Crippen LogP contribution in [0.4, 0.5) is 0 Å². The third-order valence-electron chi connectivity index (χ3n) is 3.54. The van der Waals surface area contributed by atoms with Gasteiger partial charge in [0.05, 0.1) is 6.04 Å². The fourth-order valence-electron chi connectivity index (χ4n) is 2.16. The number of hydrogen-bond acceptors (Lipinski definition) is 5. The molecule has 1 saturated heterocycles. The van der Waals surface area contributed by atoms with Gasteiger partial charge in [0.2, 0.25) is 11.7 Å². The summed E-state index contributed by atoms with van der Waals surface area (Å²) in [6.07, 6.45) is 3.55. The first-order valence-corrected chi connectivity index (χ1v) is 9.73. The zero-order valence-electron chi connectivity index (χ0n) is 16.5. The van der Waals surface area contributed by atoms with Crippen molar-refractivity contribution in [2.45, 2.75) is 47.1 Å². The molecule has 0 spiro atoms. The predicted molar refractivity (Wildman–Crippen MR) is 106 cm³/mol. The average molecular weight is 383 g/mol. The molecule has 1 aliphatic heterocycles. The molecule has 0 aliphatic carbocycles. The minimum Gasteiger partial charge on any atom is -0.352 e. The van der Waals surface area contributed by atoms with Gasteiger partial charge in [0.15, 0.2) is 5.17 Å². The summed E-state index contributed by atoms with van der Waals surface area (Å²) in [7, 11) is 1.87. The normalized spacial score (nSPS) is 17.8. The molecule has 1 fully saturated rings. The first-order valence-electron chi connectivity index (χ1n) is 8.75. The number of hydrogen-bond donors (Lipinski definition) is 2. The Labute approximate surface area is 160 Å². The van der Waals surface area contributed by atoms with Crippen molar-refractivity contribution in [3.8, 4) is 0 Å². The van der Waals surface area contributed by atoms with E-state index in [1.807, 2.05) is 46.6 Å². The quantitative estimate of drug-likeness (QED) is 0.398. The topological polar surface area (TPSA) is 90.9 Å². The van der Waals surface area contributed by atoms with Gasteiger partial charge < -0.3 is 10.2 Å². The molecule has 0 radical (unpaired) electrons. The van der Waals surface area contributed by atoms with Gasteiger partial charge >= 0.3 is 5.91 Å². The summed E-state index contributed by atoms with van der Waals surface area (Å²) in [5, 5.41) is 7.30. The van der Waals surface area contributed by atoms with E-state index in [1.165, 1.54) is 17.8 Å². The van der Waals surface area contributed by atoms with Crippen molar-refractivity contribution in [1.82, 2.24) is 15.6 Å². The van der Waals surface area contributed by atoms with Crippen LogP contribution < -0.4 is 10.7 Å². The summed E-state index contributed by atoms with van der Waals surface area (Å²) in [5.41, 5.74) is 2.16. The van der Waals surface area contributed by atoms with E-state index in [-0.39, 0.29) is 17.2 Å². The first-order chi connectivity index (χ1) is 12.0. The van der Waals surface area contributed by atoms with Crippen molar-refractivity contribution in [3.63, 3.8) is 0 Å². The van der Waals surface area contributed by atoms with E-state index in [2.05, 4.69) is 15.8 Å². The minimum absolute atomic E-state index is 0.145. The highest BCUT2D eigenvalue weighted by Crippen LogP contribution is 2.15. The maximum atomic E-state index is 12.5. The summed E-state index contributed by atoms with van der Waals surface area (Å²) in [5.74, 6) is -0.850. The second-order valence-electron chi connectivity index (χ2n) is 7.86. The number of carbonyl (C=O) groups is 3. The van der Waals surface area contributed by atoms with Gasteiger partial charge in [-0.15, -0.1) is 5.10 Å². The van der Waals surface area contributed by atoms with E-state index in [4.69, 9.17) is 0 Å². The lowest BCUT2D eigenvalue weighted by Gasteiger charge is -2.18. The SMILES string of the molecule is CC(C)C[C@H](NC(=O)/C=C/C(C)(C)C)C(=O)C(=O)N/N=C1\SCCN1C. The summed E-state index contributed by atoms with van der Waals surface area (Å²) < 4.78 is 0. The van der Waals surface area contributed by atoms with Crippen molar-refractivity contribution in [1.29, 1.82) is 0 Å². The molecule has 2 amide bonds. The molecule has 0 unspecified atom stereocenters. The van der Waals surface area contributed by atoms with Crippen LogP contribution >= 0.6 is 11.8 Å². The Morgan fingerprint density at radius 3 is 2.46 bits per heavy atom. The summed E-state index contributed by atoms with van der Waals surface area (Å²) >= 11 is 1.51. The van der Waals surface area contributed by atoms with Crippen LogP contribution in [-0.4, -0.2) is 53.1 Å². The van der Waals surface area contributed by atoms with E-state index in [0.29, 0.717) is 11.6 Å². The van der Waals surface area contributed by atoms with Crippen LogP contribution in [0.25, 0.3) is 0 Å². The highest BCUT2D eigenvalue weighted by molar-refractivity contribution is 8.14. The molecular weight excluding hydrogens is 352 g/mol. The fourth-order valence-corrected chi connectivity index (χ4v) is 3.13. The van der Waals surface area contributed by atoms with Gasteiger partial charge in [-0.1, -0.05) is 52.5 Å². The van der Waals surface area contributed by atoms with Gasteiger partial charge in [-0.3, -0.25) is 14.4 Å². The number of carbonyl (C=O) groups excluding carboxylic acids is 3. The number of Topliss-reactive ketones (excluding diaryl/α,β-unsaturated/α-hetero) is 1. The van der Waals surface area contributed by atoms with E-state index < -0.39 is 17.7 Å². The number of allylic oxidation sites excluding steroid dienone is 1. The van der Waals surface area contributed by atoms with E-state index in [1.54, 1.807) is 6.08 Å². The van der Waals surface area contributed by atoms with Crippen LogP contribution in [0.1, 0.15) is 41.0 Å². The molecule has 1 aliphatic rings. The Morgan fingerprint density at radius 1 is 1.31 bits per heavy atom. The third-order valence-corrected chi connectivity index (χ3v) is 4.58. The molecule has 7 nitrogen and oxygen atoms in total. The molecule has 1 atom stereocenters. The standard InChI is InChI=1S/C18H30N4O3S/c1-12(2)11-13(19-14(23)7-8-18(3,4)5)15(24)16(25)20-21-17-22(6)9-10-26-17/h7-8,12-13H,9-11H2,1-6H3,(H,19,23)(H,20,25)/b8-7+,21-17-/t13-/m0/s1. The zero-order valence-corrected chi connectivity index (χ0v) is 17.3. The maximum Gasteiger partial charge on any atom is 0.309 e. The van der Waals surface area contributed by atoms with Gasteiger partial charge in [0, 0.05) is 19.3 Å².